The van der Waals surface area contributed by atoms with Crippen molar-refractivity contribution in [1.82, 2.24) is 4.90 Å². The first-order valence-electron chi connectivity index (χ1n) is 6.49. The summed E-state index contributed by atoms with van der Waals surface area (Å²) in [6.45, 7) is -0.598. The fourth-order valence-electron chi connectivity index (χ4n) is 2.19. The Morgan fingerprint density at radius 3 is 2.37 bits per heavy atom. The molecule has 0 saturated heterocycles. The van der Waals surface area contributed by atoms with Crippen LogP contribution in [0.1, 0.15) is 30.9 Å². The lowest BCUT2D eigenvalue weighted by Crippen LogP contribution is -2.37. The van der Waals surface area contributed by atoms with Crippen molar-refractivity contribution >= 4 is 0 Å². The van der Waals surface area contributed by atoms with Gasteiger partial charge in [-0.05, 0) is 24.8 Å². The molecule has 1 aromatic carbocycles. The zero-order valence-corrected chi connectivity index (χ0v) is 10.6. The Kier molecular flexibility index (Phi) is 4.47. The van der Waals surface area contributed by atoms with Gasteiger partial charge in [0.05, 0.1) is 12.6 Å². The van der Waals surface area contributed by atoms with E-state index in [4.69, 9.17) is 0 Å². The van der Waals surface area contributed by atoms with Gasteiger partial charge >= 0.3 is 6.18 Å². The first-order chi connectivity index (χ1) is 8.96. The van der Waals surface area contributed by atoms with Crippen molar-refractivity contribution in [2.24, 2.45) is 0 Å². The molecule has 0 bridgehead atoms. The Labute approximate surface area is 110 Å². The van der Waals surface area contributed by atoms with Crippen molar-refractivity contribution in [2.45, 2.75) is 37.6 Å². The Morgan fingerprint density at radius 1 is 1.21 bits per heavy atom. The maximum atomic E-state index is 12.4. The van der Waals surface area contributed by atoms with E-state index in [1.165, 1.54) is 4.90 Å². The van der Waals surface area contributed by atoms with E-state index in [0.717, 1.165) is 18.4 Å². The quantitative estimate of drug-likeness (QED) is 0.860. The first kappa shape index (κ1) is 14.3. The summed E-state index contributed by atoms with van der Waals surface area (Å²) in [4.78, 5) is 1.44. The molecule has 2 nitrogen and oxygen atoms in total. The number of alkyl halides is 3. The van der Waals surface area contributed by atoms with Crippen molar-refractivity contribution in [1.29, 1.82) is 0 Å². The molecule has 0 heterocycles. The average molecular weight is 273 g/mol. The molecule has 5 heteroatoms. The Balaban J connectivity index is 1.85. The molecule has 2 rings (SSSR count). The highest BCUT2D eigenvalue weighted by atomic mass is 19.4. The highest BCUT2D eigenvalue weighted by molar-refractivity contribution is 5.17. The van der Waals surface area contributed by atoms with Gasteiger partial charge in [-0.3, -0.25) is 4.90 Å². The molecule has 0 aliphatic heterocycles. The van der Waals surface area contributed by atoms with Gasteiger partial charge in [-0.1, -0.05) is 30.3 Å². The third-order valence-corrected chi connectivity index (χ3v) is 3.32. The lowest BCUT2D eigenvalue weighted by atomic mass is 10.1. The summed E-state index contributed by atoms with van der Waals surface area (Å²) in [6, 6.07) is 9.09. The second-order valence-corrected chi connectivity index (χ2v) is 5.03. The molecular formula is C14H18F3NO. The number of hydrogen-bond acceptors (Lipinski definition) is 2. The number of halogens is 3. The predicted octanol–water partition coefficient (Wildman–Crippen LogP) is 3.14. The zero-order valence-electron chi connectivity index (χ0n) is 10.6. The molecular weight excluding hydrogens is 255 g/mol. The normalized spacial score (nSPS) is 17.7. The van der Waals surface area contributed by atoms with Crippen molar-refractivity contribution in [3.05, 3.63) is 35.9 Å². The Morgan fingerprint density at radius 2 is 1.84 bits per heavy atom. The van der Waals surface area contributed by atoms with E-state index in [0.29, 0.717) is 6.42 Å². The van der Waals surface area contributed by atoms with Crippen LogP contribution < -0.4 is 0 Å². The molecule has 0 amide bonds. The molecule has 1 aliphatic carbocycles. The maximum absolute atomic E-state index is 12.4. The van der Waals surface area contributed by atoms with E-state index in [2.05, 4.69) is 0 Å². The van der Waals surface area contributed by atoms with Crippen LogP contribution in [0.2, 0.25) is 0 Å². The van der Waals surface area contributed by atoms with Crippen LogP contribution in [0.4, 0.5) is 13.2 Å². The third kappa shape index (κ3) is 4.84. The smallest absolute Gasteiger partial charge is 0.388 e. The molecule has 1 unspecified atom stereocenters. The molecule has 0 spiro atoms. The fraction of sp³-hybridized carbons (Fsp3) is 0.571. The first-order valence-corrected chi connectivity index (χ1v) is 6.49. The minimum absolute atomic E-state index is 0.0459. The van der Waals surface area contributed by atoms with E-state index in [1.807, 2.05) is 18.2 Å². The van der Waals surface area contributed by atoms with Crippen LogP contribution in [0.25, 0.3) is 0 Å². The number of hydrogen-bond donors (Lipinski definition) is 1. The summed E-state index contributed by atoms with van der Waals surface area (Å²) in [5.41, 5.74) is 0.755. The molecule has 1 aliphatic rings. The zero-order chi connectivity index (χ0) is 13.9. The van der Waals surface area contributed by atoms with E-state index in [1.54, 1.807) is 12.1 Å². The second kappa shape index (κ2) is 5.92. The van der Waals surface area contributed by atoms with Gasteiger partial charge in [0.1, 0.15) is 0 Å². The predicted molar refractivity (Wildman–Crippen MR) is 66.7 cm³/mol. The van der Waals surface area contributed by atoms with Crippen molar-refractivity contribution in [3.63, 3.8) is 0 Å². The van der Waals surface area contributed by atoms with Crippen LogP contribution in [0.3, 0.4) is 0 Å². The monoisotopic (exact) mass is 273 g/mol. The molecule has 106 valence electrons. The van der Waals surface area contributed by atoms with Gasteiger partial charge in [0.15, 0.2) is 0 Å². The van der Waals surface area contributed by atoms with E-state index < -0.39 is 18.8 Å². The van der Waals surface area contributed by atoms with E-state index >= 15 is 0 Å². The van der Waals surface area contributed by atoms with Gasteiger partial charge in [0, 0.05) is 12.6 Å². The summed E-state index contributed by atoms with van der Waals surface area (Å²) in [5.74, 6) is 0. The lowest BCUT2D eigenvalue weighted by molar-refractivity contribution is -0.147. The van der Waals surface area contributed by atoms with Crippen LogP contribution in [0.5, 0.6) is 0 Å². The molecule has 0 radical (unpaired) electrons. The third-order valence-electron chi connectivity index (χ3n) is 3.32. The summed E-state index contributed by atoms with van der Waals surface area (Å²) in [5, 5.41) is 9.96. The molecule has 0 aromatic heterocycles. The highest BCUT2D eigenvalue weighted by Gasteiger charge is 2.37. The number of aliphatic hydroxyl groups excluding tert-OH is 1. The topological polar surface area (TPSA) is 23.5 Å². The van der Waals surface area contributed by atoms with Gasteiger partial charge in [-0.25, -0.2) is 0 Å². The van der Waals surface area contributed by atoms with Gasteiger partial charge in [-0.15, -0.1) is 0 Å². The van der Waals surface area contributed by atoms with E-state index in [9.17, 15) is 18.3 Å². The SMILES string of the molecule is OC(CCN(CC(F)(F)F)C1CC1)c1ccccc1. The number of nitrogens with zero attached hydrogens (tertiary/aromatic N) is 1. The Hall–Kier alpha value is -1.07. The van der Waals surface area contributed by atoms with Crippen molar-refractivity contribution in [2.75, 3.05) is 13.1 Å². The van der Waals surface area contributed by atoms with Crippen LogP contribution >= 0.6 is 0 Å². The number of rotatable bonds is 6. The van der Waals surface area contributed by atoms with Gasteiger partial charge in [-0.2, -0.15) is 13.2 Å². The van der Waals surface area contributed by atoms with Gasteiger partial charge in [0.2, 0.25) is 0 Å². The maximum Gasteiger partial charge on any atom is 0.401 e. The van der Waals surface area contributed by atoms with Crippen LogP contribution in [-0.2, 0) is 0 Å². The van der Waals surface area contributed by atoms with Crippen LogP contribution in [0.15, 0.2) is 30.3 Å². The van der Waals surface area contributed by atoms with Crippen molar-refractivity contribution in [3.8, 4) is 0 Å². The average Bonchev–Trinajstić information content (AvgIpc) is 3.18. The molecule has 1 N–H and O–H groups in total. The van der Waals surface area contributed by atoms with Crippen LogP contribution in [-0.4, -0.2) is 35.3 Å². The van der Waals surface area contributed by atoms with Gasteiger partial charge < -0.3 is 5.11 Å². The lowest BCUT2D eigenvalue weighted by Gasteiger charge is -2.24. The van der Waals surface area contributed by atoms with Gasteiger partial charge in [0.25, 0.3) is 0 Å². The standard InChI is InChI=1S/C14H18F3NO/c15-14(16,17)10-18(12-6-7-12)9-8-13(19)11-4-2-1-3-5-11/h1-5,12-13,19H,6-10H2. The summed E-state index contributed by atoms with van der Waals surface area (Å²) in [7, 11) is 0. The minimum atomic E-state index is -4.17. The second-order valence-electron chi connectivity index (χ2n) is 5.03. The van der Waals surface area contributed by atoms with Crippen molar-refractivity contribution < 1.29 is 18.3 Å². The van der Waals surface area contributed by atoms with Crippen LogP contribution in [0, 0.1) is 0 Å². The highest BCUT2D eigenvalue weighted by Crippen LogP contribution is 2.31. The molecule has 1 aromatic rings. The fourth-order valence-corrected chi connectivity index (χ4v) is 2.19. The summed E-state index contributed by atoms with van der Waals surface area (Å²) >= 11 is 0. The number of benzene rings is 1. The summed E-state index contributed by atoms with van der Waals surface area (Å²) < 4.78 is 37.3. The largest absolute Gasteiger partial charge is 0.401 e. The molecule has 1 atom stereocenters. The molecule has 1 fully saturated rings. The molecule has 1 saturated carbocycles. The van der Waals surface area contributed by atoms with E-state index in [-0.39, 0.29) is 12.6 Å². The summed E-state index contributed by atoms with van der Waals surface area (Å²) in [6.07, 6.45) is -2.87. The molecule has 19 heavy (non-hydrogen) atoms. The Bertz CT molecular complexity index is 389. The number of aliphatic hydroxyl groups is 1. The minimum Gasteiger partial charge on any atom is -0.388 e.